The van der Waals surface area contributed by atoms with Crippen molar-refractivity contribution in [3.8, 4) is 5.75 Å². The number of rotatable bonds is 5. The Morgan fingerprint density at radius 1 is 1.36 bits per heavy atom. The zero-order valence-electron chi connectivity index (χ0n) is 12.4. The molecule has 0 radical (unpaired) electrons. The zero-order chi connectivity index (χ0) is 16.1. The van der Waals surface area contributed by atoms with Crippen molar-refractivity contribution in [3.63, 3.8) is 0 Å². The Hall–Kier alpha value is -2.50. The molecular weight excluding hydrogens is 286 g/mol. The maximum Gasteiger partial charge on any atom is 0.410 e. The minimum absolute atomic E-state index is 0.111. The Bertz CT molecular complexity index is 554. The first-order valence-corrected chi connectivity index (χ1v) is 6.96. The number of carbonyl (C=O) groups is 2. The van der Waals surface area contributed by atoms with Gasteiger partial charge >= 0.3 is 12.1 Å². The van der Waals surface area contributed by atoms with Gasteiger partial charge in [0.1, 0.15) is 12.4 Å². The summed E-state index contributed by atoms with van der Waals surface area (Å²) < 4.78 is 10.1. The molecule has 1 aliphatic heterocycles. The summed E-state index contributed by atoms with van der Waals surface area (Å²) in [5.74, 6) is -1.12. The number of amides is 1. The van der Waals surface area contributed by atoms with E-state index >= 15 is 0 Å². The summed E-state index contributed by atoms with van der Waals surface area (Å²) in [5.41, 5.74) is 0.868. The van der Waals surface area contributed by atoms with Crippen LogP contribution in [-0.2, 0) is 9.53 Å². The number of carboxylic acid groups (broad SMARTS) is 1. The van der Waals surface area contributed by atoms with E-state index in [-0.39, 0.29) is 19.1 Å². The lowest BCUT2D eigenvalue weighted by Crippen LogP contribution is -2.30. The van der Waals surface area contributed by atoms with Crippen LogP contribution in [0.2, 0.25) is 0 Å². The van der Waals surface area contributed by atoms with Crippen LogP contribution in [0.5, 0.6) is 5.75 Å². The van der Waals surface area contributed by atoms with Gasteiger partial charge < -0.3 is 19.5 Å². The SMILES string of the molecule is C=CCOC(=O)N1C[C@@H](C(=O)O)[C@H](c2ccc(OC)cc2)C1. The lowest BCUT2D eigenvalue weighted by atomic mass is 9.89. The quantitative estimate of drug-likeness (QED) is 0.843. The Morgan fingerprint density at radius 3 is 2.59 bits per heavy atom. The van der Waals surface area contributed by atoms with Crippen molar-refractivity contribution in [3.05, 3.63) is 42.5 Å². The highest BCUT2D eigenvalue weighted by molar-refractivity contribution is 5.75. The van der Waals surface area contributed by atoms with Crippen LogP contribution in [0.25, 0.3) is 0 Å². The molecule has 2 atom stereocenters. The molecule has 0 unspecified atom stereocenters. The van der Waals surface area contributed by atoms with Crippen LogP contribution in [0.3, 0.4) is 0 Å². The minimum Gasteiger partial charge on any atom is -0.497 e. The van der Waals surface area contributed by atoms with E-state index in [4.69, 9.17) is 9.47 Å². The highest BCUT2D eigenvalue weighted by Crippen LogP contribution is 2.34. The van der Waals surface area contributed by atoms with Crippen molar-refractivity contribution < 1.29 is 24.2 Å². The zero-order valence-corrected chi connectivity index (χ0v) is 12.4. The maximum atomic E-state index is 11.9. The normalized spacial score (nSPS) is 20.5. The van der Waals surface area contributed by atoms with Gasteiger partial charge in [0, 0.05) is 19.0 Å². The molecule has 0 saturated carbocycles. The van der Waals surface area contributed by atoms with Crippen LogP contribution in [0.1, 0.15) is 11.5 Å². The predicted molar refractivity (Wildman–Crippen MR) is 80.0 cm³/mol. The molecule has 0 spiro atoms. The molecule has 1 aliphatic rings. The van der Waals surface area contributed by atoms with Crippen LogP contribution >= 0.6 is 0 Å². The Balaban J connectivity index is 2.15. The number of carboxylic acids is 1. The maximum absolute atomic E-state index is 11.9. The molecule has 1 fully saturated rings. The second kappa shape index (κ2) is 6.98. The first-order valence-electron chi connectivity index (χ1n) is 6.96. The van der Waals surface area contributed by atoms with Crippen molar-refractivity contribution in [2.24, 2.45) is 5.92 Å². The molecule has 1 aromatic rings. The number of nitrogens with zero attached hydrogens (tertiary/aromatic N) is 1. The van der Waals surface area contributed by atoms with E-state index in [9.17, 15) is 14.7 Å². The second-order valence-corrected chi connectivity index (χ2v) is 5.09. The number of carbonyl (C=O) groups excluding carboxylic acids is 1. The van der Waals surface area contributed by atoms with Gasteiger partial charge in [-0.05, 0) is 17.7 Å². The molecule has 1 N–H and O–H groups in total. The lowest BCUT2D eigenvalue weighted by Gasteiger charge is -2.16. The molecule has 0 aliphatic carbocycles. The number of methoxy groups -OCH3 is 1. The third-order valence-corrected chi connectivity index (χ3v) is 3.76. The van der Waals surface area contributed by atoms with E-state index in [0.29, 0.717) is 12.3 Å². The molecule has 0 aromatic heterocycles. The van der Waals surface area contributed by atoms with E-state index in [1.807, 2.05) is 12.1 Å². The Kier molecular flexibility index (Phi) is 5.04. The Morgan fingerprint density at radius 2 is 2.05 bits per heavy atom. The van der Waals surface area contributed by atoms with Crippen LogP contribution in [-0.4, -0.2) is 48.9 Å². The van der Waals surface area contributed by atoms with Crippen molar-refractivity contribution in [2.75, 3.05) is 26.8 Å². The summed E-state index contributed by atoms with van der Waals surface area (Å²) in [6.07, 6.45) is 0.964. The standard InChI is InChI=1S/C16H19NO5/c1-3-8-22-16(20)17-9-13(14(10-17)15(18)19)11-4-6-12(21-2)7-5-11/h3-7,13-14H,1,8-10H2,2H3,(H,18,19)/t13-,14+/m0/s1. The number of hydrogen-bond acceptors (Lipinski definition) is 4. The molecule has 118 valence electrons. The number of likely N-dealkylation sites (tertiary alicyclic amines) is 1. The van der Waals surface area contributed by atoms with Gasteiger partial charge in [0.25, 0.3) is 0 Å². The summed E-state index contributed by atoms with van der Waals surface area (Å²) >= 11 is 0. The van der Waals surface area contributed by atoms with Gasteiger partial charge in [0.2, 0.25) is 0 Å². The third-order valence-electron chi connectivity index (χ3n) is 3.76. The van der Waals surface area contributed by atoms with E-state index in [1.165, 1.54) is 11.0 Å². The van der Waals surface area contributed by atoms with Gasteiger partial charge in [-0.25, -0.2) is 4.79 Å². The van der Waals surface area contributed by atoms with Crippen molar-refractivity contribution in [2.45, 2.75) is 5.92 Å². The summed E-state index contributed by atoms with van der Waals surface area (Å²) in [6.45, 7) is 4.05. The van der Waals surface area contributed by atoms with Gasteiger partial charge in [-0.1, -0.05) is 24.8 Å². The number of hydrogen-bond donors (Lipinski definition) is 1. The first-order chi connectivity index (χ1) is 10.6. The highest BCUT2D eigenvalue weighted by atomic mass is 16.6. The minimum atomic E-state index is -0.917. The van der Waals surface area contributed by atoms with Crippen LogP contribution in [0, 0.1) is 5.92 Å². The monoisotopic (exact) mass is 305 g/mol. The van der Waals surface area contributed by atoms with E-state index in [2.05, 4.69) is 6.58 Å². The smallest absolute Gasteiger partial charge is 0.410 e. The van der Waals surface area contributed by atoms with Gasteiger partial charge in [0.05, 0.1) is 13.0 Å². The average Bonchev–Trinajstić information content (AvgIpc) is 2.98. The predicted octanol–water partition coefficient (Wildman–Crippen LogP) is 2.12. The van der Waals surface area contributed by atoms with Crippen LogP contribution in [0.4, 0.5) is 4.79 Å². The molecule has 1 heterocycles. The van der Waals surface area contributed by atoms with E-state index < -0.39 is 18.0 Å². The number of aliphatic carboxylic acids is 1. The lowest BCUT2D eigenvalue weighted by molar-refractivity contribution is -0.141. The molecule has 0 bridgehead atoms. The molecule has 6 heteroatoms. The number of benzene rings is 1. The van der Waals surface area contributed by atoms with Crippen molar-refractivity contribution in [1.82, 2.24) is 4.90 Å². The number of ether oxygens (including phenoxy) is 2. The van der Waals surface area contributed by atoms with Gasteiger partial charge in [-0.2, -0.15) is 0 Å². The van der Waals surface area contributed by atoms with Gasteiger partial charge in [-0.15, -0.1) is 0 Å². The fourth-order valence-corrected chi connectivity index (χ4v) is 2.61. The summed E-state index contributed by atoms with van der Waals surface area (Å²) in [7, 11) is 1.57. The van der Waals surface area contributed by atoms with Gasteiger partial charge in [-0.3, -0.25) is 4.79 Å². The second-order valence-electron chi connectivity index (χ2n) is 5.09. The third kappa shape index (κ3) is 3.39. The molecule has 1 amide bonds. The highest BCUT2D eigenvalue weighted by Gasteiger charge is 2.41. The van der Waals surface area contributed by atoms with Crippen LogP contribution < -0.4 is 4.74 Å². The molecule has 6 nitrogen and oxygen atoms in total. The fourth-order valence-electron chi connectivity index (χ4n) is 2.61. The topological polar surface area (TPSA) is 76.1 Å². The van der Waals surface area contributed by atoms with E-state index in [1.54, 1.807) is 19.2 Å². The first kappa shape index (κ1) is 15.9. The van der Waals surface area contributed by atoms with Crippen molar-refractivity contribution >= 4 is 12.1 Å². The molecular formula is C16H19NO5. The van der Waals surface area contributed by atoms with Crippen molar-refractivity contribution in [1.29, 1.82) is 0 Å². The molecule has 1 saturated heterocycles. The van der Waals surface area contributed by atoms with Crippen LogP contribution in [0.15, 0.2) is 36.9 Å². The summed E-state index contributed by atoms with van der Waals surface area (Å²) in [6, 6.07) is 7.23. The van der Waals surface area contributed by atoms with E-state index in [0.717, 1.165) is 5.56 Å². The Labute approximate surface area is 128 Å². The molecule has 2 rings (SSSR count). The summed E-state index contributed by atoms with van der Waals surface area (Å²) in [5, 5.41) is 9.40. The summed E-state index contributed by atoms with van der Waals surface area (Å²) in [4.78, 5) is 24.8. The fraction of sp³-hybridized carbons (Fsp3) is 0.375. The molecule has 1 aromatic carbocycles. The molecule has 22 heavy (non-hydrogen) atoms. The average molecular weight is 305 g/mol. The largest absolute Gasteiger partial charge is 0.497 e. The van der Waals surface area contributed by atoms with Gasteiger partial charge in [0.15, 0.2) is 0 Å².